The van der Waals surface area contributed by atoms with Crippen LogP contribution < -0.4 is 11.1 Å². The third-order valence-electron chi connectivity index (χ3n) is 3.01. The van der Waals surface area contributed by atoms with Crippen LogP contribution in [0.1, 0.15) is 35.3 Å². The molecule has 0 fully saturated rings. The summed E-state index contributed by atoms with van der Waals surface area (Å²) in [5.41, 5.74) is 8.20. The number of rotatable bonds is 4. The van der Waals surface area contributed by atoms with Crippen LogP contribution in [0.5, 0.6) is 0 Å². The van der Waals surface area contributed by atoms with Gasteiger partial charge < -0.3 is 16.3 Å². The summed E-state index contributed by atoms with van der Waals surface area (Å²) in [7, 11) is 0. The molecule has 0 aliphatic carbocycles. The SMILES string of the molecule is Cc1ccc(C(=O)NC(C(N)=NO)C(C)C)c(C)c1. The number of carbonyl (C=O) groups excluding carboxylic acids is 1. The molecule has 104 valence electrons. The summed E-state index contributed by atoms with van der Waals surface area (Å²) in [5, 5.41) is 14.5. The molecule has 1 aromatic carbocycles. The molecule has 0 bridgehead atoms. The summed E-state index contributed by atoms with van der Waals surface area (Å²) < 4.78 is 0. The summed E-state index contributed by atoms with van der Waals surface area (Å²) in [6.07, 6.45) is 0. The van der Waals surface area contributed by atoms with E-state index in [1.54, 1.807) is 6.07 Å². The van der Waals surface area contributed by atoms with Crippen molar-refractivity contribution in [3.8, 4) is 0 Å². The molecule has 0 radical (unpaired) electrons. The van der Waals surface area contributed by atoms with Crippen molar-refractivity contribution < 1.29 is 10.0 Å². The predicted molar refractivity (Wildman–Crippen MR) is 75.4 cm³/mol. The second kappa shape index (κ2) is 6.22. The highest BCUT2D eigenvalue weighted by atomic mass is 16.4. The Hall–Kier alpha value is -2.04. The van der Waals surface area contributed by atoms with Gasteiger partial charge in [-0.3, -0.25) is 4.79 Å². The molecule has 0 saturated carbocycles. The lowest BCUT2D eigenvalue weighted by atomic mass is 10.0. The van der Waals surface area contributed by atoms with Gasteiger partial charge in [0.05, 0.1) is 6.04 Å². The van der Waals surface area contributed by atoms with Crippen LogP contribution in [0.25, 0.3) is 0 Å². The lowest BCUT2D eigenvalue weighted by Crippen LogP contribution is -2.48. The van der Waals surface area contributed by atoms with Gasteiger partial charge in [0.15, 0.2) is 5.84 Å². The van der Waals surface area contributed by atoms with Crippen molar-refractivity contribution in [3.05, 3.63) is 34.9 Å². The molecule has 0 heterocycles. The van der Waals surface area contributed by atoms with Gasteiger partial charge in [-0.2, -0.15) is 0 Å². The summed E-state index contributed by atoms with van der Waals surface area (Å²) >= 11 is 0. The zero-order chi connectivity index (χ0) is 14.6. The average molecular weight is 263 g/mol. The van der Waals surface area contributed by atoms with E-state index in [1.807, 2.05) is 39.8 Å². The highest BCUT2D eigenvalue weighted by molar-refractivity contribution is 5.99. The van der Waals surface area contributed by atoms with Crippen molar-refractivity contribution in [2.24, 2.45) is 16.8 Å². The molecule has 1 unspecified atom stereocenters. The van der Waals surface area contributed by atoms with Crippen LogP contribution in [-0.2, 0) is 0 Å². The van der Waals surface area contributed by atoms with Gasteiger partial charge in [0, 0.05) is 5.56 Å². The predicted octanol–water partition coefficient (Wildman–Crippen LogP) is 1.80. The van der Waals surface area contributed by atoms with Crippen LogP contribution in [0, 0.1) is 19.8 Å². The molecule has 19 heavy (non-hydrogen) atoms. The van der Waals surface area contributed by atoms with E-state index in [4.69, 9.17) is 10.9 Å². The minimum absolute atomic E-state index is 0.00751. The third kappa shape index (κ3) is 3.71. The fourth-order valence-electron chi connectivity index (χ4n) is 1.93. The first-order valence-corrected chi connectivity index (χ1v) is 6.22. The fraction of sp³-hybridized carbons (Fsp3) is 0.429. The summed E-state index contributed by atoms with van der Waals surface area (Å²) in [5.74, 6) is -0.179. The Bertz CT molecular complexity index is 495. The number of amidine groups is 1. The smallest absolute Gasteiger partial charge is 0.252 e. The number of benzene rings is 1. The molecule has 4 N–H and O–H groups in total. The maximum absolute atomic E-state index is 12.2. The van der Waals surface area contributed by atoms with E-state index >= 15 is 0 Å². The summed E-state index contributed by atoms with van der Waals surface area (Å²) in [4.78, 5) is 12.2. The normalized spacial score (nSPS) is 13.4. The Kier molecular flexibility index (Phi) is 4.92. The van der Waals surface area contributed by atoms with Crippen molar-refractivity contribution in [3.63, 3.8) is 0 Å². The number of aryl methyl sites for hydroxylation is 2. The van der Waals surface area contributed by atoms with Gasteiger partial charge in [-0.1, -0.05) is 36.7 Å². The average Bonchev–Trinajstić information content (AvgIpc) is 2.34. The Morgan fingerprint density at radius 3 is 2.47 bits per heavy atom. The first-order chi connectivity index (χ1) is 8.86. The maximum atomic E-state index is 12.2. The van der Waals surface area contributed by atoms with Crippen LogP contribution in [0.15, 0.2) is 23.4 Å². The second-order valence-corrected chi connectivity index (χ2v) is 5.04. The van der Waals surface area contributed by atoms with E-state index in [0.29, 0.717) is 5.56 Å². The van der Waals surface area contributed by atoms with Gasteiger partial charge in [-0.05, 0) is 31.4 Å². The Balaban J connectivity index is 2.94. The molecule has 1 amide bonds. The number of oxime groups is 1. The van der Waals surface area contributed by atoms with Gasteiger partial charge in [-0.25, -0.2) is 0 Å². The number of nitrogens with zero attached hydrogens (tertiary/aromatic N) is 1. The van der Waals surface area contributed by atoms with Gasteiger partial charge in [-0.15, -0.1) is 0 Å². The fourth-order valence-corrected chi connectivity index (χ4v) is 1.93. The topological polar surface area (TPSA) is 87.7 Å². The Morgan fingerprint density at radius 2 is 2.00 bits per heavy atom. The minimum atomic E-state index is -0.488. The van der Waals surface area contributed by atoms with Crippen LogP contribution >= 0.6 is 0 Å². The maximum Gasteiger partial charge on any atom is 0.252 e. The second-order valence-electron chi connectivity index (χ2n) is 5.04. The molecule has 0 aliphatic rings. The molecule has 0 aromatic heterocycles. The third-order valence-corrected chi connectivity index (χ3v) is 3.01. The van der Waals surface area contributed by atoms with E-state index in [-0.39, 0.29) is 17.7 Å². The Labute approximate surface area is 113 Å². The minimum Gasteiger partial charge on any atom is -0.409 e. The summed E-state index contributed by atoms with van der Waals surface area (Å²) in [6, 6.07) is 5.13. The van der Waals surface area contributed by atoms with E-state index in [2.05, 4.69) is 10.5 Å². The number of hydrogen-bond donors (Lipinski definition) is 3. The lowest BCUT2D eigenvalue weighted by molar-refractivity contribution is 0.0938. The number of hydrogen-bond acceptors (Lipinski definition) is 3. The zero-order valence-electron chi connectivity index (χ0n) is 11.8. The highest BCUT2D eigenvalue weighted by Crippen LogP contribution is 2.11. The number of carbonyl (C=O) groups is 1. The van der Waals surface area contributed by atoms with Gasteiger partial charge in [0.25, 0.3) is 5.91 Å². The van der Waals surface area contributed by atoms with Gasteiger partial charge in [0.2, 0.25) is 0 Å². The van der Waals surface area contributed by atoms with Crippen molar-refractivity contribution in [1.82, 2.24) is 5.32 Å². The monoisotopic (exact) mass is 263 g/mol. The zero-order valence-corrected chi connectivity index (χ0v) is 11.8. The van der Waals surface area contributed by atoms with Gasteiger partial charge >= 0.3 is 0 Å². The molecule has 5 nitrogen and oxygen atoms in total. The standard InChI is InChI=1S/C14H21N3O2/c1-8(2)12(13(15)17-19)16-14(18)11-6-5-9(3)7-10(11)4/h5-8,12,19H,1-4H3,(H2,15,17)(H,16,18). The first kappa shape index (κ1) is 15.0. The van der Waals surface area contributed by atoms with E-state index in [0.717, 1.165) is 11.1 Å². The van der Waals surface area contributed by atoms with Crippen LogP contribution in [0.2, 0.25) is 0 Å². The molecular weight excluding hydrogens is 242 g/mol. The molecular formula is C14H21N3O2. The number of nitrogens with two attached hydrogens (primary N) is 1. The van der Waals surface area contributed by atoms with Crippen LogP contribution in [0.4, 0.5) is 0 Å². The molecule has 1 atom stereocenters. The van der Waals surface area contributed by atoms with Gasteiger partial charge in [0.1, 0.15) is 0 Å². The number of nitrogens with one attached hydrogen (secondary N) is 1. The molecule has 1 rings (SSSR count). The Morgan fingerprint density at radius 1 is 1.37 bits per heavy atom. The van der Waals surface area contributed by atoms with Crippen molar-refractivity contribution in [1.29, 1.82) is 0 Å². The molecule has 5 heteroatoms. The van der Waals surface area contributed by atoms with E-state index < -0.39 is 6.04 Å². The van der Waals surface area contributed by atoms with E-state index in [9.17, 15) is 4.79 Å². The van der Waals surface area contributed by atoms with Crippen molar-refractivity contribution in [2.45, 2.75) is 33.7 Å². The van der Waals surface area contributed by atoms with Crippen LogP contribution in [0.3, 0.4) is 0 Å². The highest BCUT2D eigenvalue weighted by Gasteiger charge is 2.22. The van der Waals surface area contributed by atoms with Crippen molar-refractivity contribution in [2.75, 3.05) is 0 Å². The van der Waals surface area contributed by atoms with Crippen LogP contribution in [-0.4, -0.2) is 23.0 Å². The molecule has 0 spiro atoms. The molecule has 0 saturated heterocycles. The first-order valence-electron chi connectivity index (χ1n) is 6.22. The lowest BCUT2D eigenvalue weighted by Gasteiger charge is -2.21. The van der Waals surface area contributed by atoms with Crippen molar-refractivity contribution >= 4 is 11.7 Å². The largest absolute Gasteiger partial charge is 0.409 e. The molecule has 0 aliphatic heterocycles. The number of amides is 1. The van der Waals surface area contributed by atoms with E-state index in [1.165, 1.54) is 0 Å². The quantitative estimate of drug-likeness (QED) is 0.335. The molecule has 1 aromatic rings. The summed E-state index contributed by atoms with van der Waals surface area (Å²) in [6.45, 7) is 7.65.